The molecule has 0 amide bonds. The van der Waals surface area contributed by atoms with E-state index in [1.807, 2.05) is 18.2 Å². The number of halogens is 1. The van der Waals surface area contributed by atoms with Crippen LogP contribution in [-0.4, -0.2) is 30.2 Å². The molecule has 0 saturated heterocycles. The lowest BCUT2D eigenvalue weighted by Gasteiger charge is -2.21. The van der Waals surface area contributed by atoms with E-state index in [1.165, 1.54) is 6.33 Å². The van der Waals surface area contributed by atoms with Crippen LogP contribution < -0.4 is 14.4 Å². The number of fused-ring (bicyclic) bond motifs is 1. The normalized spacial score (nSPS) is 13.1. The molecular weight excluding hydrogens is 261 g/mol. The predicted molar refractivity (Wildman–Crippen MR) is 71.5 cm³/mol. The van der Waals surface area contributed by atoms with E-state index < -0.39 is 5.82 Å². The highest BCUT2D eigenvalue weighted by Crippen LogP contribution is 2.31. The molecule has 104 valence electrons. The van der Waals surface area contributed by atoms with Gasteiger partial charge in [-0.3, -0.25) is 0 Å². The van der Waals surface area contributed by atoms with E-state index in [-0.39, 0.29) is 5.82 Å². The number of hydrogen-bond donors (Lipinski definition) is 0. The second-order valence-corrected chi connectivity index (χ2v) is 4.53. The molecule has 0 bridgehead atoms. The van der Waals surface area contributed by atoms with Crippen molar-refractivity contribution in [1.29, 1.82) is 0 Å². The zero-order valence-corrected chi connectivity index (χ0v) is 11.0. The molecule has 1 aromatic carbocycles. The maximum Gasteiger partial charge on any atom is 0.183 e. The molecule has 0 N–H and O–H groups in total. The van der Waals surface area contributed by atoms with Crippen LogP contribution in [0.5, 0.6) is 11.5 Å². The third-order valence-electron chi connectivity index (χ3n) is 3.04. The summed E-state index contributed by atoms with van der Waals surface area (Å²) in [5.41, 5.74) is 0.995. The number of ether oxygens (including phenoxy) is 2. The molecule has 2 heterocycles. The third-order valence-corrected chi connectivity index (χ3v) is 3.04. The van der Waals surface area contributed by atoms with Crippen LogP contribution in [0.15, 0.2) is 30.7 Å². The fraction of sp³-hybridized carbons (Fsp3) is 0.286. The standard InChI is InChI=1S/C14H14FN3O2/c1-18(14-11(15)7-16-9-17-14)8-10-2-3-12-13(6-10)20-5-4-19-12/h2-3,6-7,9H,4-5,8H2,1H3. The van der Waals surface area contributed by atoms with Crippen molar-refractivity contribution in [3.05, 3.63) is 42.1 Å². The van der Waals surface area contributed by atoms with Crippen molar-refractivity contribution in [2.45, 2.75) is 6.54 Å². The summed E-state index contributed by atoms with van der Waals surface area (Å²) in [5, 5.41) is 0. The van der Waals surface area contributed by atoms with Gasteiger partial charge in [-0.25, -0.2) is 14.4 Å². The number of rotatable bonds is 3. The van der Waals surface area contributed by atoms with E-state index in [0.29, 0.717) is 19.8 Å². The first-order valence-electron chi connectivity index (χ1n) is 6.29. The molecule has 2 aromatic rings. The molecule has 1 aliphatic heterocycles. The molecule has 0 radical (unpaired) electrons. The molecule has 6 heteroatoms. The molecule has 0 fully saturated rings. The molecule has 0 spiro atoms. The second kappa shape index (κ2) is 5.32. The van der Waals surface area contributed by atoms with Gasteiger partial charge in [0.2, 0.25) is 0 Å². The maximum atomic E-state index is 13.6. The zero-order valence-electron chi connectivity index (χ0n) is 11.0. The number of anilines is 1. The van der Waals surface area contributed by atoms with Crippen LogP contribution in [0.2, 0.25) is 0 Å². The van der Waals surface area contributed by atoms with E-state index in [4.69, 9.17) is 9.47 Å². The SMILES string of the molecule is CN(Cc1ccc2c(c1)OCCO2)c1ncncc1F. The smallest absolute Gasteiger partial charge is 0.183 e. The van der Waals surface area contributed by atoms with E-state index in [1.54, 1.807) is 11.9 Å². The molecule has 0 unspecified atom stereocenters. The average molecular weight is 275 g/mol. The zero-order chi connectivity index (χ0) is 13.9. The summed E-state index contributed by atoms with van der Waals surface area (Å²) in [6.07, 6.45) is 2.49. The number of aromatic nitrogens is 2. The Labute approximate surface area is 116 Å². The Balaban J connectivity index is 1.79. The van der Waals surface area contributed by atoms with Crippen LogP contribution in [0.1, 0.15) is 5.56 Å². The molecule has 3 rings (SSSR count). The van der Waals surface area contributed by atoms with Gasteiger partial charge in [-0.05, 0) is 17.7 Å². The van der Waals surface area contributed by atoms with Gasteiger partial charge in [0.25, 0.3) is 0 Å². The first kappa shape index (κ1) is 12.7. The number of nitrogens with zero attached hydrogens (tertiary/aromatic N) is 3. The number of hydrogen-bond acceptors (Lipinski definition) is 5. The highest BCUT2D eigenvalue weighted by molar-refractivity contribution is 5.46. The monoisotopic (exact) mass is 275 g/mol. The Kier molecular flexibility index (Phi) is 3.37. The van der Waals surface area contributed by atoms with Gasteiger partial charge in [-0.1, -0.05) is 6.07 Å². The molecule has 1 aliphatic rings. The topological polar surface area (TPSA) is 47.5 Å². The van der Waals surface area contributed by atoms with Gasteiger partial charge in [0, 0.05) is 13.6 Å². The van der Waals surface area contributed by atoms with Crippen molar-refractivity contribution in [2.24, 2.45) is 0 Å². The van der Waals surface area contributed by atoms with Gasteiger partial charge < -0.3 is 14.4 Å². The quantitative estimate of drug-likeness (QED) is 0.857. The van der Waals surface area contributed by atoms with Gasteiger partial charge in [0.15, 0.2) is 23.1 Å². The van der Waals surface area contributed by atoms with Gasteiger partial charge >= 0.3 is 0 Å². The van der Waals surface area contributed by atoms with Gasteiger partial charge in [-0.2, -0.15) is 0 Å². The summed E-state index contributed by atoms with van der Waals surface area (Å²) in [6.45, 7) is 1.63. The predicted octanol–water partition coefficient (Wildman–Crippen LogP) is 2.02. The summed E-state index contributed by atoms with van der Waals surface area (Å²) in [7, 11) is 1.78. The van der Waals surface area contributed by atoms with Crippen molar-refractivity contribution in [3.8, 4) is 11.5 Å². The maximum absolute atomic E-state index is 13.6. The Hall–Kier alpha value is -2.37. The van der Waals surface area contributed by atoms with E-state index >= 15 is 0 Å². The minimum absolute atomic E-state index is 0.273. The highest BCUT2D eigenvalue weighted by Gasteiger charge is 2.14. The van der Waals surface area contributed by atoms with Crippen LogP contribution in [0.4, 0.5) is 10.2 Å². The summed E-state index contributed by atoms with van der Waals surface area (Å²) in [5.74, 6) is 1.31. The lowest BCUT2D eigenvalue weighted by molar-refractivity contribution is 0.171. The van der Waals surface area contributed by atoms with Crippen LogP contribution >= 0.6 is 0 Å². The van der Waals surface area contributed by atoms with Gasteiger partial charge in [0.1, 0.15) is 19.5 Å². The van der Waals surface area contributed by atoms with Gasteiger partial charge in [-0.15, -0.1) is 0 Å². The molecule has 5 nitrogen and oxygen atoms in total. The van der Waals surface area contributed by atoms with Crippen LogP contribution in [0.3, 0.4) is 0 Å². The average Bonchev–Trinajstić information content (AvgIpc) is 2.47. The largest absolute Gasteiger partial charge is 0.486 e. The first-order valence-corrected chi connectivity index (χ1v) is 6.29. The van der Waals surface area contributed by atoms with Crippen LogP contribution in [0, 0.1) is 5.82 Å². The van der Waals surface area contributed by atoms with Crippen molar-refractivity contribution < 1.29 is 13.9 Å². The van der Waals surface area contributed by atoms with Crippen molar-refractivity contribution in [3.63, 3.8) is 0 Å². The van der Waals surface area contributed by atoms with Crippen molar-refractivity contribution >= 4 is 5.82 Å². The summed E-state index contributed by atoms with van der Waals surface area (Å²) < 4.78 is 24.6. The molecule has 0 atom stereocenters. The highest BCUT2D eigenvalue weighted by atomic mass is 19.1. The first-order chi connectivity index (χ1) is 9.74. The summed E-state index contributed by atoms with van der Waals surface area (Å²) >= 11 is 0. The molecule has 20 heavy (non-hydrogen) atoms. The summed E-state index contributed by atoms with van der Waals surface area (Å²) in [4.78, 5) is 9.31. The second-order valence-electron chi connectivity index (χ2n) is 4.53. The minimum Gasteiger partial charge on any atom is -0.486 e. The molecular formula is C14H14FN3O2. The number of benzene rings is 1. The lowest BCUT2D eigenvalue weighted by Crippen LogP contribution is -2.20. The fourth-order valence-electron chi connectivity index (χ4n) is 2.12. The Morgan fingerprint density at radius 3 is 2.85 bits per heavy atom. The van der Waals surface area contributed by atoms with Gasteiger partial charge in [0.05, 0.1) is 6.20 Å². The Morgan fingerprint density at radius 2 is 2.05 bits per heavy atom. The fourth-order valence-corrected chi connectivity index (χ4v) is 2.12. The van der Waals surface area contributed by atoms with Crippen LogP contribution in [-0.2, 0) is 6.54 Å². The molecule has 0 aliphatic carbocycles. The summed E-state index contributed by atoms with van der Waals surface area (Å²) in [6, 6.07) is 5.71. The van der Waals surface area contributed by atoms with Crippen molar-refractivity contribution in [1.82, 2.24) is 9.97 Å². The van der Waals surface area contributed by atoms with E-state index in [2.05, 4.69) is 9.97 Å². The van der Waals surface area contributed by atoms with E-state index in [0.717, 1.165) is 23.3 Å². The Bertz CT molecular complexity index is 621. The van der Waals surface area contributed by atoms with Crippen LogP contribution in [0.25, 0.3) is 0 Å². The third kappa shape index (κ3) is 2.49. The minimum atomic E-state index is -0.437. The molecule has 1 aromatic heterocycles. The van der Waals surface area contributed by atoms with Crippen molar-refractivity contribution in [2.75, 3.05) is 25.2 Å². The van der Waals surface area contributed by atoms with E-state index in [9.17, 15) is 4.39 Å². The Morgan fingerprint density at radius 1 is 1.25 bits per heavy atom. The lowest BCUT2D eigenvalue weighted by atomic mass is 10.2. The molecule has 0 saturated carbocycles.